The van der Waals surface area contributed by atoms with Gasteiger partial charge in [-0.3, -0.25) is 14.5 Å². The minimum absolute atomic E-state index is 0.0220. The number of hydrogen-bond donors (Lipinski definition) is 0. The largest absolute Gasteiger partial charge is 0.472 e. The van der Waals surface area contributed by atoms with Crippen molar-refractivity contribution in [3.8, 4) is 0 Å². The highest BCUT2D eigenvalue weighted by Crippen LogP contribution is 2.35. The molecule has 3 atom stereocenters. The molecule has 120 valence electrons. The molecule has 4 rings (SSSR count). The predicted octanol–water partition coefficient (Wildman–Crippen LogP) is 1.28. The lowest BCUT2D eigenvalue weighted by molar-refractivity contribution is -0.179. The molecule has 3 fully saturated rings. The number of hydrogen-bond acceptors (Lipinski definition) is 5. The summed E-state index contributed by atoms with van der Waals surface area (Å²) in [5, 5.41) is 1.57. The number of piperidine rings is 1. The average molecular weight is 306 g/mol. The van der Waals surface area contributed by atoms with Gasteiger partial charge >= 0.3 is 0 Å². The minimum atomic E-state index is -0.0220. The topological polar surface area (TPSA) is 55.2 Å². The fraction of sp³-hybridized carbons (Fsp3) is 0.688. The molecule has 0 radical (unpaired) electrons. The highest BCUT2D eigenvalue weighted by atomic mass is 16.7. The standard InChI is InChI=1S/C16H22N2O4/c19-16(18-4-1-5-22-18)14-9-17(8-12-2-6-20-11-12)10-15-13(14)3-7-21-15/h2,6,11,13-15H,1,3-5,7-10H2/t13-,14-,15+/m0/s1. The van der Waals surface area contributed by atoms with Gasteiger partial charge in [0.25, 0.3) is 5.91 Å². The molecule has 0 saturated carbocycles. The second-order valence-electron chi connectivity index (χ2n) is 6.42. The number of nitrogens with zero attached hydrogens (tertiary/aromatic N) is 2. The van der Waals surface area contributed by atoms with Crippen molar-refractivity contribution < 1.29 is 18.8 Å². The van der Waals surface area contributed by atoms with E-state index in [0.29, 0.717) is 12.5 Å². The molecule has 3 saturated heterocycles. The summed E-state index contributed by atoms with van der Waals surface area (Å²) >= 11 is 0. The van der Waals surface area contributed by atoms with Gasteiger partial charge in [-0.05, 0) is 18.9 Å². The third-order valence-corrected chi connectivity index (χ3v) is 4.97. The molecule has 4 heterocycles. The van der Waals surface area contributed by atoms with Crippen LogP contribution in [0.5, 0.6) is 0 Å². The Morgan fingerprint density at radius 3 is 3.05 bits per heavy atom. The van der Waals surface area contributed by atoms with Gasteiger partial charge in [-0.15, -0.1) is 0 Å². The zero-order valence-corrected chi connectivity index (χ0v) is 12.6. The smallest absolute Gasteiger partial charge is 0.250 e. The Kier molecular flexibility index (Phi) is 3.90. The molecule has 1 aromatic heterocycles. The lowest BCUT2D eigenvalue weighted by atomic mass is 9.82. The van der Waals surface area contributed by atoms with Gasteiger partial charge in [-0.25, -0.2) is 5.06 Å². The van der Waals surface area contributed by atoms with Crippen molar-refractivity contribution in [2.75, 3.05) is 32.8 Å². The molecule has 0 N–H and O–H groups in total. The number of likely N-dealkylation sites (tertiary alicyclic amines) is 1. The fourth-order valence-corrected chi connectivity index (χ4v) is 3.89. The normalized spacial score (nSPS) is 32.4. The van der Waals surface area contributed by atoms with Gasteiger partial charge in [-0.2, -0.15) is 0 Å². The number of rotatable bonds is 3. The summed E-state index contributed by atoms with van der Waals surface area (Å²) in [6, 6.07) is 1.97. The zero-order chi connectivity index (χ0) is 14.9. The van der Waals surface area contributed by atoms with Crippen molar-refractivity contribution in [2.45, 2.75) is 25.5 Å². The Hall–Kier alpha value is -1.37. The minimum Gasteiger partial charge on any atom is -0.472 e. The predicted molar refractivity (Wildman–Crippen MR) is 77.6 cm³/mol. The van der Waals surface area contributed by atoms with Crippen LogP contribution in [0.3, 0.4) is 0 Å². The number of carbonyl (C=O) groups is 1. The zero-order valence-electron chi connectivity index (χ0n) is 12.6. The van der Waals surface area contributed by atoms with Gasteiger partial charge in [0.05, 0.1) is 37.7 Å². The summed E-state index contributed by atoms with van der Waals surface area (Å²) in [6.45, 7) is 4.60. The van der Waals surface area contributed by atoms with Crippen LogP contribution in [0.2, 0.25) is 0 Å². The maximum absolute atomic E-state index is 12.8. The Morgan fingerprint density at radius 1 is 1.32 bits per heavy atom. The summed E-state index contributed by atoms with van der Waals surface area (Å²) in [4.78, 5) is 20.6. The van der Waals surface area contributed by atoms with E-state index in [9.17, 15) is 4.79 Å². The van der Waals surface area contributed by atoms with E-state index in [1.54, 1.807) is 17.6 Å². The third kappa shape index (κ3) is 2.66. The van der Waals surface area contributed by atoms with Crippen LogP contribution in [0.15, 0.2) is 23.0 Å². The van der Waals surface area contributed by atoms with Crippen molar-refractivity contribution in [2.24, 2.45) is 11.8 Å². The lowest BCUT2D eigenvalue weighted by Gasteiger charge is -2.40. The van der Waals surface area contributed by atoms with Crippen LogP contribution < -0.4 is 0 Å². The molecule has 0 aromatic carbocycles. The molecule has 0 spiro atoms. The van der Waals surface area contributed by atoms with Gasteiger partial charge < -0.3 is 9.15 Å². The summed E-state index contributed by atoms with van der Waals surface area (Å²) in [5.74, 6) is 0.443. The van der Waals surface area contributed by atoms with E-state index in [1.807, 2.05) is 6.07 Å². The molecule has 0 bridgehead atoms. The highest BCUT2D eigenvalue weighted by molar-refractivity contribution is 5.79. The van der Waals surface area contributed by atoms with Crippen LogP contribution in [0.1, 0.15) is 18.4 Å². The summed E-state index contributed by atoms with van der Waals surface area (Å²) in [6.07, 6.45) is 5.53. The first-order valence-corrected chi connectivity index (χ1v) is 8.10. The number of carbonyl (C=O) groups excluding carboxylic acids is 1. The number of ether oxygens (including phenoxy) is 1. The van der Waals surface area contributed by atoms with Crippen molar-refractivity contribution in [3.05, 3.63) is 24.2 Å². The van der Waals surface area contributed by atoms with Crippen LogP contribution in [-0.4, -0.2) is 54.8 Å². The van der Waals surface area contributed by atoms with Crippen molar-refractivity contribution in [1.29, 1.82) is 0 Å². The van der Waals surface area contributed by atoms with Crippen LogP contribution >= 0.6 is 0 Å². The van der Waals surface area contributed by atoms with E-state index in [0.717, 1.165) is 51.2 Å². The van der Waals surface area contributed by atoms with E-state index in [1.165, 1.54) is 0 Å². The number of amides is 1. The Balaban J connectivity index is 1.49. The Morgan fingerprint density at radius 2 is 2.27 bits per heavy atom. The molecule has 6 nitrogen and oxygen atoms in total. The summed E-state index contributed by atoms with van der Waals surface area (Å²) in [5.41, 5.74) is 1.14. The molecule has 22 heavy (non-hydrogen) atoms. The molecule has 1 aromatic rings. The number of hydroxylamine groups is 2. The summed E-state index contributed by atoms with van der Waals surface area (Å²) < 4.78 is 11.0. The first kappa shape index (κ1) is 14.2. The molecule has 3 aliphatic heterocycles. The maximum atomic E-state index is 12.8. The van der Waals surface area contributed by atoms with Crippen LogP contribution in [0.4, 0.5) is 0 Å². The first-order chi connectivity index (χ1) is 10.8. The third-order valence-electron chi connectivity index (χ3n) is 4.97. The van der Waals surface area contributed by atoms with Crippen LogP contribution in [-0.2, 0) is 20.9 Å². The highest BCUT2D eigenvalue weighted by Gasteiger charge is 2.45. The monoisotopic (exact) mass is 306 g/mol. The molecular weight excluding hydrogens is 284 g/mol. The van der Waals surface area contributed by atoms with Crippen molar-refractivity contribution in [3.63, 3.8) is 0 Å². The molecular formula is C16H22N2O4. The number of furan rings is 1. The summed E-state index contributed by atoms with van der Waals surface area (Å²) in [7, 11) is 0. The maximum Gasteiger partial charge on any atom is 0.250 e. The van der Waals surface area contributed by atoms with E-state index >= 15 is 0 Å². The van der Waals surface area contributed by atoms with Crippen LogP contribution in [0.25, 0.3) is 0 Å². The lowest BCUT2D eigenvalue weighted by Crippen LogP contribution is -2.52. The SMILES string of the molecule is O=C([C@H]1CN(Cc2ccoc2)C[C@H]2OCC[C@@H]12)N1CCCO1. The fourth-order valence-electron chi connectivity index (χ4n) is 3.89. The van der Waals surface area contributed by atoms with Crippen LogP contribution in [0, 0.1) is 11.8 Å². The molecule has 0 unspecified atom stereocenters. The van der Waals surface area contributed by atoms with Crippen molar-refractivity contribution >= 4 is 5.91 Å². The molecule has 0 aliphatic carbocycles. The van der Waals surface area contributed by atoms with Gasteiger partial charge in [0.1, 0.15) is 0 Å². The average Bonchev–Trinajstić information content (AvgIpc) is 3.27. The Bertz CT molecular complexity index is 512. The molecule has 1 amide bonds. The van der Waals surface area contributed by atoms with E-state index in [4.69, 9.17) is 14.0 Å². The quantitative estimate of drug-likeness (QED) is 0.842. The second kappa shape index (κ2) is 6.02. The first-order valence-electron chi connectivity index (χ1n) is 8.10. The molecule has 3 aliphatic rings. The van der Waals surface area contributed by atoms with E-state index in [-0.39, 0.29) is 17.9 Å². The van der Waals surface area contributed by atoms with Gasteiger partial charge in [0.15, 0.2) is 0 Å². The van der Waals surface area contributed by atoms with Gasteiger partial charge in [-0.1, -0.05) is 0 Å². The second-order valence-corrected chi connectivity index (χ2v) is 6.42. The van der Waals surface area contributed by atoms with Gasteiger partial charge in [0.2, 0.25) is 0 Å². The Labute approximate surface area is 129 Å². The van der Waals surface area contributed by atoms with Gasteiger partial charge in [0, 0.05) is 37.7 Å². The number of fused-ring (bicyclic) bond motifs is 1. The van der Waals surface area contributed by atoms with E-state index < -0.39 is 0 Å². The van der Waals surface area contributed by atoms with E-state index in [2.05, 4.69) is 4.90 Å². The molecule has 6 heteroatoms. The van der Waals surface area contributed by atoms with Crippen molar-refractivity contribution in [1.82, 2.24) is 9.96 Å².